The fourth-order valence-electron chi connectivity index (χ4n) is 3.08. The molecular weight excluding hydrogens is 422 g/mol. The normalized spacial score (nSPS) is 14.4. The van der Waals surface area contributed by atoms with E-state index in [2.05, 4.69) is 10.9 Å². The molecule has 0 unspecified atom stereocenters. The summed E-state index contributed by atoms with van der Waals surface area (Å²) in [6.07, 6.45) is 2.64. The molecule has 3 rings (SSSR count). The predicted molar refractivity (Wildman–Crippen MR) is 116 cm³/mol. The smallest absolute Gasteiger partial charge is 0.269 e. The summed E-state index contributed by atoms with van der Waals surface area (Å²) in [6.45, 7) is 0.995. The van der Waals surface area contributed by atoms with Crippen molar-refractivity contribution in [2.45, 2.75) is 35.5 Å². The van der Waals surface area contributed by atoms with Crippen molar-refractivity contribution in [2.75, 3.05) is 18.8 Å². The van der Waals surface area contributed by atoms with Crippen LogP contribution >= 0.6 is 11.8 Å². The minimum absolute atomic E-state index is 0.0845. The summed E-state index contributed by atoms with van der Waals surface area (Å²) >= 11 is 1.67. The largest absolute Gasteiger partial charge is 0.273 e. The lowest BCUT2D eigenvalue weighted by Gasteiger charge is -2.16. The van der Waals surface area contributed by atoms with E-state index in [0.29, 0.717) is 19.5 Å². The highest BCUT2D eigenvalue weighted by Gasteiger charge is 2.27. The molecule has 1 aliphatic rings. The third kappa shape index (κ3) is 6.07. The molecule has 0 spiro atoms. The summed E-state index contributed by atoms with van der Waals surface area (Å²) in [5.74, 6) is -0.0553. The zero-order valence-corrected chi connectivity index (χ0v) is 18.2. The minimum atomic E-state index is -3.60. The van der Waals surface area contributed by atoms with Crippen LogP contribution in [0.25, 0.3) is 0 Å². The van der Waals surface area contributed by atoms with Crippen molar-refractivity contribution in [1.29, 1.82) is 0 Å². The van der Waals surface area contributed by atoms with E-state index in [1.807, 2.05) is 30.3 Å². The molecule has 7 nitrogen and oxygen atoms in total. The lowest BCUT2D eigenvalue weighted by molar-refractivity contribution is -0.121. The number of nitrogens with one attached hydrogen (secondary N) is 2. The quantitative estimate of drug-likeness (QED) is 0.369. The zero-order valence-electron chi connectivity index (χ0n) is 16.5. The third-order valence-electron chi connectivity index (χ3n) is 4.67. The Bertz CT molecular complexity index is 975. The number of carbonyl (C=O) groups excluding carboxylic acids is 2. The standard InChI is InChI=1S/C21H25N3O4S2/c25-20(12-7-15-29-18-9-2-1-3-10-18)22-23-21(26)17-8-6-11-19(16-17)30(27,28)24-13-4-5-14-24/h1-3,6,8-11,16H,4-5,7,12-15H2,(H,22,25)(H,23,26). The predicted octanol–water partition coefficient (Wildman–Crippen LogP) is 2.80. The first-order valence-electron chi connectivity index (χ1n) is 9.84. The van der Waals surface area contributed by atoms with Crippen LogP contribution in [-0.4, -0.2) is 43.4 Å². The molecule has 2 amide bonds. The van der Waals surface area contributed by atoms with Gasteiger partial charge >= 0.3 is 0 Å². The van der Waals surface area contributed by atoms with E-state index in [4.69, 9.17) is 0 Å². The number of rotatable bonds is 8. The first kappa shape index (κ1) is 22.3. The van der Waals surface area contributed by atoms with Crippen LogP contribution in [0.15, 0.2) is 64.4 Å². The lowest BCUT2D eigenvalue weighted by Crippen LogP contribution is -2.41. The van der Waals surface area contributed by atoms with Crippen molar-refractivity contribution in [3.05, 3.63) is 60.2 Å². The van der Waals surface area contributed by atoms with Crippen LogP contribution in [-0.2, 0) is 14.8 Å². The first-order valence-corrected chi connectivity index (χ1v) is 12.3. The molecule has 1 saturated heterocycles. The van der Waals surface area contributed by atoms with Gasteiger partial charge in [0.05, 0.1) is 4.90 Å². The Balaban J connectivity index is 1.46. The number of hydrogen-bond acceptors (Lipinski definition) is 5. The molecule has 0 radical (unpaired) electrons. The molecule has 1 fully saturated rings. The van der Waals surface area contributed by atoms with E-state index in [1.165, 1.54) is 28.6 Å². The fourth-order valence-corrected chi connectivity index (χ4v) is 5.51. The molecule has 0 saturated carbocycles. The molecule has 2 N–H and O–H groups in total. The number of thioether (sulfide) groups is 1. The summed E-state index contributed by atoms with van der Waals surface area (Å²) in [6, 6.07) is 15.8. The van der Waals surface area contributed by atoms with Crippen LogP contribution in [0.3, 0.4) is 0 Å². The lowest BCUT2D eigenvalue weighted by atomic mass is 10.2. The third-order valence-corrected chi connectivity index (χ3v) is 7.67. The van der Waals surface area contributed by atoms with E-state index in [1.54, 1.807) is 11.8 Å². The molecule has 9 heteroatoms. The summed E-state index contributed by atoms with van der Waals surface area (Å²) < 4.78 is 26.7. The highest BCUT2D eigenvalue weighted by Crippen LogP contribution is 2.21. The Labute approximate surface area is 181 Å². The summed E-state index contributed by atoms with van der Waals surface area (Å²) in [5, 5.41) is 0. The maximum atomic E-state index is 12.6. The van der Waals surface area contributed by atoms with Crippen molar-refractivity contribution in [3.63, 3.8) is 0 Å². The minimum Gasteiger partial charge on any atom is -0.273 e. The van der Waals surface area contributed by atoms with E-state index < -0.39 is 15.9 Å². The molecule has 160 valence electrons. The molecule has 0 bridgehead atoms. The second-order valence-corrected chi connectivity index (χ2v) is 10.0. The number of hydrogen-bond donors (Lipinski definition) is 2. The monoisotopic (exact) mass is 447 g/mol. The van der Waals surface area contributed by atoms with Crippen LogP contribution in [0, 0.1) is 0 Å². The average molecular weight is 448 g/mol. The fraction of sp³-hybridized carbons (Fsp3) is 0.333. The van der Waals surface area contributed by atoms with Crippen LogP contribution in [0.2, 0.25) is 0 Å². The molecule has 2 aromatic rings. The van der Waals surface area contributed by atoms with Crippen LogP contribution in [0.4, 0.5) is 0 Å². The Hall–Kier alpha value is -2.36. The molecule has 0 aromatic heterocycles. The van der Waals surface area contributed by atoms with Gasteiger partial charge < -0.3 is 0 Å². The maximum absolute atomic E-state index is 12.6. The molecular formula is C21H25N3O4S2. The molecule has 2 aromatic carbocycles. The van der Waals surface area contributed by atoms with E-state index in [-0.39, 0.29) is 22.8 Å². The number of sulfonamides is 1. The zero-order chi connectivity index (χ0) is 21.4. The number of carbonyl (C=O) groups is 2. The van der Waals surface area contributed by atoms with Crippen molar-refractivity contribution in [1.82, 2.24) is 15.2 Å². The van der Waals surface area contributed by atoms with Gasteiger partial charge in [-0.2, -0.15) is 4.31 Å². The Morgan fingerprint density at radius 1 is 0.967 bits per heavy atom. The second kappa shape index (κ2) is 10.6. The maximum Gasteiger partial charge on any atom is 0.269 e. The van der Waals surface area contributed by atoms with Crippen molar-refractivity contribution in [2.24, 2.45) is 0 Å². The van der Waals surface area contributed by atoms with Gasteiger partial charge in [-0.1, -0.05) is 24.3 Å². The van der Waals surface area contributed by atoms with Crippen molar-refractivity contribution < 1.29 is 18.0 Å². The van der Waals surface area contributed by atoms with Gasteiger partial charge in [-0.05, 0) is 55.3 Å². The van der Waals surface area contributed by atoms with Gasteiger partial charge in [0.1, 0.15) is 0 Å². The Kier molecular flexibility index (Phi) is 7.89. The molecule has 1 aliphatic heterocycles. The van der Waals surface area contributed by atoms with Crippen LogP contribution in [0.5, 0.6) is 0 Å². The number of nitrogens with zero attached hydrogens (tertiary/aromatic N) is 1. The summed E-state index contributed by atoms with van der Waals surface area (Å²) in [7, 11) is -3.60. The van der Waals surface area contributed by atoms with E-state index in [0.717, 1.165) is 23.5 Å². The Morgan fingerprint density at radius 3 is 2.43 bits per heavy atom. The second-order valence-electron chi connectivity index (χ2n) is 6.91. The topological polar surface area (TPSA) is 95.6 Å². The van der Waals surface area contributed by atoms with Gasteiger partial charge in [-0.25, -0.2) is 8.42 Å². The number of amides is 2. The van der Waals surface area contributed by atoms with Gasteiger partial charge in [0, 0.05) is 30.0 Å². The van der Waals surface area contributed by atoms with Crippen LogP contribution in [0.1, 0.15) is 36.0 Å². The van der Waals surface area contributed by atoms with Gasteiger partial charge in [-0.3, -0.25) is 20.4 Å². The molecule has 0 aliphatic carbocycles. The molecule has 30 heavy (non-hydrogen) atoms. The number of hydrazine groups is 1. The SMILES string of the molecule is O=C(CCCSc1ccccc1)NNC(=O)c1cccc(S(=O)(=O)N2CCCC2)c1. The van der Waals surface area contributed by atoms with Crippen LogP contribution < -0.4 is 10.9 Å². The van der Waals surface area contributed by atoms with Gasteiger partial charge in [0.15, 0.2) is 0 Å². The highest BCUT2D eigenvalue weighted by atomic mass is 32.2. The van der Waals surface area contributed by atoms with E-state index >= 15 is 0 Å². The molecule has 0 atom stereocenters. The van der Waals surface area contributed by atoms with E-state index in [9.17, 15) is 18.0 Å². The van der Waals surface area contributed by atoms with Gasteiger partial charge in [0.2, 0.25) is 15.9 Å². The first-order chi connectivity index (χ1) is 14.5. The van der Waals surface area contributed by atoms with Crippen molar-refractivity contribution in [3.8, 4) is 0 Å². The van der Waals surface area contributed by atoms with Gasteiger partial charge in [0.25, 0.3) is 5.91 Å². The number of benzene rings is 2. The summed E-state index contributed by atoms with van der Waals surface area (Å²) in [4.78, 5) is 25.5. The van der Waals surface area contributed by atoms with Crippen molar-refractivity contribution >= 4 is 33.6 Å². The average Bonchev–Trinajstić information content (AvgIpc) is 3.32. The van der Waals surface area contributed by atoms with Gasteiger partial charge in [-0.15, -0.1) is 11.8 Å². The Morgan fingerprint density at radius 2 is 1.70 bits per heavy atom. The highest BCUT2D eigenvalue weighted by molar-refractivity contribution is 7.99. The summed E-state index contributed by atoms with van der Waals surface area (Å²) in [5.41, 5.74) is 4.91. The molecule has 1 heterocycles.